The van der Waals surface area contributed by atoms with Crippen LogP contribution in [0.15, 0.2) is 24.3 Å². The van der Waals surface area contributed by atoms with Crippen LogP contribution in [0.5, 0.6) is 5.75 Å². The third-order valence-electron chi connectivity index (χ3n) is 3.56. The molecule has 21 heavy (non-hydrogen) atoms. The maximum Gasteiger partial charge on any atom is 0.241 e. The standard InChI is InChI=1S/C16H24N2O3/c1-20-11-12-21-15-7-5-14(6-8-15)17-13-16(19)18-9-3-2-4-10-18/h5-8,17H,2-4,9-13H2,1H3. The number of rotatable bonds is 7. The van der Waals surface area contributed by atoms with Gasteiger partial charge >= 0.3 is 0 Å². The van der Waals surface area contributed by atoms with E-state index in [1.54, 1.807) is 7.11 Å². The molecule has 0 spiro atoms. The first kappa shape index (κ1) is 15.6. The molecule has 5 heteroatoms. The minimum absolute atomic E-state index is 0.176. The second-order valence-electron chi connectivity index (χ2n) is 5.16. The zero-order valence-corrected chi connectivity index (χ0v) is 12.6. The summed E-state index contributed by atoms with van der Waals surface area (Å²) in [5.41, 5.74) is 0.930. The molecular formula is C16H24N2O3. The van der Waals surface area contributed by atoms with Crippen molar-refractivity contribution >= 4 is 11.6 Å². The highest BCUT2D eigenvalue weighted by atomic mass is 16.5. The number of amides is 1. The van der Waals surface area contributed by atoms with Crippen molar-refractivity contribution in [1.29, 1.82) is 0 Å². The van der Waals surface area contributed by atoms with Crippen molar-refractivity contribution in [2.45, 2.75) is 19.3 Å². The summed E-state index contributed by atoms with van der Waals surface area (Å²) in [5.74, 6) is 0.982. The first-order valence-electron chi connectivity index (χ1n) is 7.53. The van der Waals surface area contributed by atoms with Crippen LogP contribution in [0.4, 0.5) is 5.69 Å². The number of nitrogens with one attached hydrogen (secondary N) is 1. The van der Waals surface area contributed by atoms with Crippen LogP contribution in [0.25, 0.3) is 0 Å². The summed E-state index contributed by atoms with van der Waals surface area (Å²) >= 11 is 0. The second kappa shape index (κ2) is 8.52. The summed E-state index contributed by atoms with van der Waals surface area (Å²) in [6.45, 7) is 3.25. The van der Waals surface area contributed by atoms with Gasteiger partial charge in [0, 0.05) is 25.9 Å². The van der Waals surface area contributed by atoms with Crippen LogP contribution in [0.1, 0.15) is 19.3 Å². The average Bonchev–Trinajstić information content (AvgIpc) is 2.55. The number of benzene rings is 1. The van der Waals surface area contributed by atoms with Gasteiger partial charge in [0.1, 0.15) is 12.4 Å². The predicted molar refractivity (Wildman–Crippen MR) is 82.7 cm³/mol. The molecule has 1 N–H and O–H groups in total. The van der Waals surface area contributed by atoms with E-state index >= 15 is 0 Å². The molecule has 0 aliphatic carbocycles. The number of piperidine rings is 1. The first-order valence-corrected chi connectivity index (χ1v) is 7.53. The number of methoxy groups -OCH3 is 1. The zero-order chi connectivity index (χ0) is 14.9. The van der Waals surface area contributed by atoms with Gasteiger partial charge in [-0.05, 0) is 43.5 Å². The van der Waals surface area contributed by atoms with E-state index in [-0.39, 0.29) is 5.91 Å². The lowest BCUT2D eigenvalue weighted by Gasteiger charge is -2.26. The quantitative estimate of drug-likeness (QED) is 0.782. The highest BCUT2D eigenvalue weighted by Crippen LogP contribution is 2.16. The minimum Gasteiger partial charge on any atom is -0.491 e. The lowest BCUT2D eigenvalue weighted by molar-refractivity contribution is -0.130. The van der Waals surface area contributed by atoms with Gasteiger partial charge < -0.3 is 19.7 Å². The highest BCUT2D eigenvalue weighted by Gasteiger charge is 2.15. The Kier molecular flexibility index (Phi) is 6.34. The number of hydrogen-bond acceptors (Lipinski definition) is 4. The van der Waals surface area contributed by atoms with Crippen molar-refractivity contribution in [1.82, 2.24) is 4.90 Å². The van der Waals surface area contributed by atoms with E-state index in [0.717, 1.165) is 37.4 Å². The zero-order valence-electron chi connectivity index (χ0n) is 12.6. The van der Waals surface area contributed by atoms with Crippen LogP contribution in [-0.4, -0.2) is 50.8 Å². The molecule has 1 aromatic carbocycles. The largest absolute Gasteiger partial charge is 0.491 e. The molecule has 5 nitrogen and oxygen atoms in total. The fraction of sp³-hybridized carbons (Fsp3) is 0.562. The van der Waals surface area contributed by atoms with Crippen molar-refractivity contribution in [3.8, 4) is 5.75 Å². The second-order valence-corrected chi connectivity index (χ2v) is 5.16. The third-order valence-corrected chi connectivity index (χ3v) is 3.56. The van der Waals surface area contributed by atoms with Gasteiger partial charge in [-0.25, -0.2) is 0 Å². The number of ether oxygens (including phenoxy) is 2. The molecule has 0 radical (unpaired) electrons. The molecule has 1 fully saturated rings. The van der Waals surface area contributed by atoms with E-state index < -0.39 is 0 Å². The van der Waals surface area contributed by atoms with Crippen LogP contribution in [-0.2, 0) is 9.53 Å². The molecule has 116 valence electrons. The number of nitrogens with zero attached hydrogens (tertiary/aromatic N) is 1. The van der Waals surface area contributed by atoms with Gasteiger partial charge in [-0.2, -0.15) is 0 Å². The van der Waals surface area contributed by atoms with Crippen molar-refractivity contribution < 1.29 is 14.3 Å². The molecule has 2 rings (SSSR count). The molecule has 0 saturated carbocycles. The summed E-state index contributed by atoms with van der Waals surface area (Å²) in [4.78, 5) is 14.0. The smallest absolute Gasteiger partial charge is 0.241 e. The van der Waals surface area contributed by atoms with Crippen LogP contribution < -0.4 is 10.1 Å². The summed E-state index contributed by atoms with van der Waals surface area (Å²) in [5, 5.41) is 3.16. The van der Waals surface area contributed by atoms with Gasteiger partial charge in [0.15, 0.2) is 0 Å². The van der Waals surface area contributed by atoms with E-state index in [4.69, 9.17) is 9.47 Å². The van der Waals surface area contributed by atoms with Gasteiger partial charge in [-0.1, -0.05) is 0 Å². The minimum atomic E-state index is 0.176. The SMILES string of the molecule is COCCOc1ccc(NCC(=O)N2CCCCC2)cc1. The van der Waals surface area contributed by atoms with Crippen molar-refractivity contribution in [3.05, 3.63) is 24.3 Å². The van der Waals surface area contributed by atoms with Gasteiger partial charge in [0.2, 0.25) is 5.91 Å². The number of likely N-dealkylation sites (tertiary alicyclic amines) is 1. The van der Waals surface area contributed by atoms with Crippen LogP contribution >= 0.6 is 0 Å². The monoisotopic (exact) mass is 292 g/mol. The van der Waals surface area contributed by atoms with E-state index in [1.807, 2.05) is 29.2 Å². The number of anilines is 1. The Hall–Kier alpha value is -1.75. The topological polar surface area (TPSA) is 50.8 Å². The van der Waals surface area contributed by atoms with Crippen molar-refractivity contribution in [2.75, 3.05) is 45.3 Å². The van der Waals surface area contributed by atoms with Crippen LogP contribution in [0, 0.1) is 0 Å². The van der Waals surface area contributed by atoms with Gasteiger partial charge in [-0.15, -0.1) is 0 Å². The fourth-order valence-corrected chi connectivity index (χ4v) is 2.34. The Morgan fingerprint density at radius 2 is 1.86 bits per heavy atom. The normalized spacial score (nSPS) is 14.8. The molecule has 0 bridgehead atoms. The number of carbonyl (C=O) groups is 1. The fourth-order valence-electron chi connectivity index (χ4n) is 2.34. The molecule has 1 heterocycles. The molecule has 1 aliphatic heterocycles. The van der Waals surface area contributed by atoms with E-state index in [0.29, 0.717) is 19.8 Å². The predicted octanol–water partition coefficient (Wildman–Crippen LogP) is 2.14. The maximum atomic E-state index is 12.0. The molecule has 1 aliphatic rings. The molecule has 0 unspecified atom stereocenters. The molecule has 1 aromatic rings. The van der Waals surface area contributed by atoms with Crippen molar-refractivity contribution in [3.63, 3.8) is 0 Å². The number of hydrogen-bond donors (Lipinski definition) is 1. The summed E-state index contributed by atoms with van der Waals surface area (Å²) in [6, 6.07) is 7.63. The summed E-state index contributed by atoms with van der Waals surface area (Å²) in [6.07, 6.45) is 3.49. The third kappa shape index (κ3) is 5.27. The van der Waals surface area contributed by atoms with E-state index in [2.05, 4.69) is 5.32 Å². The Balaban J connectivity index is 1.73. The van der Waals surface area contributed by atoms with Crippen LogP contribution in [0.3, 0.4) is 0 Å². The lowest BCUT2D eigenvalue weighted by Crippen LogP contribution is -2.39. The van der Waals surface area contributed by atoms with E-state index in [1.165, 1.54) is 6.42 Å². The lowest BCUT2D eigenvalue weighted by atomic mass is 10.1. The molecule has 1 amide bonds. The Bertz CT molecular complexity index is 428. The maximum absolute atomic E-state index is 12.0. The molecule has 0 atom stereocenters. The van der Waals surface area contributed by atoms with Crippen molar-refractivity contribution in [2.24, 2.45) is 0 Å². The van der Waals surface area contributed by atoms with E-state index in [9.17, 15) is 4.79 Å². The average molecular weight is 292 g/mol. The Morgan fingerprint density at radius 3 is 2.52 bits per heavy atom. The van der Waals surface area contributed by atoms with Gasteiger partial charge in [0.25, 0.3) is 0 Å². The number of carbonyl (C=O) groups excluding carboxylic acids is 1. The first-order chi connectivity index (χ1) is 10.3. The van der Waals surface area contributed by atoms with Gasteiger partial charge in [-0.3, -0.25) is 4.79 Å². The molecule has 0 aromatic heterocycles. The highest BCUT2D eigenvalue weighted by molar-refractivity contribution is 5.80. The van der Waals surface area contributed by atoms with Crippen LogP contribution in [0.2, 0.25) is 0 Å². The Morgan fingerprint density at radius 1 is 1.14 bits per heavy atom. The Labute approximate surface area is 126 Å². The summed E-state index contributed by atoms with van der Waals surface area (Å²) in [7, 11) is 1.65. The van der Waals surface area contributed by atoms with Gasteiger partial charge in [0.05, 0.1) is 13.2 Å². The molecular weight excluding hydrogens is 268 g/mol. The summed E-state index contributed by atoms with van der Waals surface area (Å²) < 4.78 is 10.4. The molecule has 1 saturated heterocycles.